The molecule has 1 aromatic heterocycles. The van der Waals surface area contributed by atoms with Crippen LogP contribution in [0.3, 0.4) is 0 Å². The summed E-state index contributed by atoms with van der Waals surface area (Å²) in [4.78, 5) is 14.6. The minimum atomic E-state index is -3.64. The standard InChI is InChI=1S/C18H30N4O4S.ClH/c1-13(16-4-6-19-7-5-16)12-17(23)21-8-10-22(11-9-21)27(24,25)18-14(2)20-26-15(18)3;/h13,16,19H,4-12H2,1-3H3;1H. The van der Waals surface area contributed by atoms with Crippen molar-refractivity contribution >= 4 is 28.3 Å². The third-order valence-electron chi connectivity index (χ3n) is 5.84. The second-order valence-corrected chi connectivity index (χ2v) is 9.58. The van der Waals surface area contributed by atoms with E-state index in [0.717, 1.165) is 25.9 Å². The van der Waals surface area contributed by atoms with Gasteiger partial charge in [0.1, 0.15) is 10.6 Å². The summed E-state index contributed by atoms with van der Waals surface area (Å²) < 4.78 is 32.2. The zero-order valence-electron chi connectivity index (χ0n) is 16.8. The molecular weight excluding hydrogens is 404 g/mol. The lowest BCUT2D eigenvalue weighted by Crippen LogP contribution is -2.51. The number of rotatable bonds is 5. The summed E-state index contributed by atoms with van der Waals surface area (Å²) in [5, 5.41) is 7.10. The first-order valence-corrected chi connectivity index (χ1v) is 11.2. The molecule has 10 heteroatoms. The number of aryl methyl sites for hydroxylation is 2. The van der Waals surface area contributed by atoms with Crippen LogP contribution < -0.4 is 5.32 Å². The maximum Gasteiger partial charge on any atom is 0.248 e. The van der Waals surface area contributed by atoms with Crippen LogP contribution in [0.1, 0.15) is 37.6 Å². The molecule has 0 saturated carbocycles. The predicted octanol–water partition coefficient (Wildman–Crippen LogP) is 1.57. The van der Waals surface area contributed by atoms with E-state index in [4.69, 9.17) is 4.52 Å². The first-order valence-electron chi connectivity index (χ1n) is 9.72. The number of nitrogens with one attached hydrogen (secondary N) is 1. The van der Waals surface area contributed by atoms with Crippen LogP contribution in [0.15, 0.2) is 9.42 Å². The predicted molar refractivity (Wildman–Crippen MR) is 108 cm³/mol. The molecule has 0 aliphatic carbocycles. The van der Waals surface area contributed by atoms with Crippen LogP contribution in [0.4, 0.5) is 0 Å². The quantitative estimate of drug-likeness (QED) is 0.755. The number of piperazine rings is 1. The number of sulfonamides is 1. The number of carbonyl (C=O) groups excluding carboxylic acids is 1. The van der Waals surface area contributed by atoms with Gasteiger partial charge in [-0.2, -0.15) is 4.31 Å². The first kappa shape index (κ1) is 23.1. The number of piperidine rings is 1. The summed E-state index contributed by atoms with van der Waals surface area (Å²) >= 11 is 0. The van der Waals surface area contributed by atoms with Crippen LogP contribution >= 0.6 is 12.4 Å². The number of hydrogen-bond acceptors (Lipinski definition) is 6. The summed E-state index contributed by atoms with van der Waals surface area (Å²) in [6.45, 7) is 8.93. The maximum atomic E-state index is 12.9. The zero-order chi connectivity index (χ0) is 19.6. The van der Waals surface area contributed by atoms with Gasteiger partial charge in [0.2, 0.25) is 15.9 Å². The molecule has 2 fully saturated rings. The maximum absolute atomic E-state index is 12.9. The van der Waals surface area contributed by atoms with Crippen LogP contribution in [0.2, 0.25) is 0 Å². The zero-order valence-corrected chi connectivity index (χ0v) is 18.4. The van der Waals surface area contributed by atoms with Crippen LogP contribution in [0.25, 0.3) is 0 Å². The Bertz CT molecular complexity index is 749. The summed E-state index contributed by atoms with van der Waals surface area (Å²) in [7, 11) is -3.64. The SMILES string of the molecule is Cc1noc(C)c1S(=O)(=O)N1CCN(C(=O)CC(C)C2CCNCC2)CC1.Cl. The fourth-order valence-electron chi connectivity index (χ4n) is 4.13. The van der Waals surface area contributed by atoms with Crippen molar-refractivity contribution in [2.24, 2.45) is 11.8 Å². The number of carbonyl (C=O) groups is 1. The fourth-order valence-corrected chi connectivity index (χ4v) is 5.85. The van der Waals surface area contributed by atoms with Crippen molar-refractivity contribution in [1.82, 2.24) is 19.7 Å². The van der Waals surface area contributed by atoms with E-state index < -0.39 is 10.0 Å². The molecule has 1 amide bonds. The molecule has 0 radical (unpaired) electrons. The summed E-state index contributed by atoms with van der Waals surface area (Å²) in [6.07, 6.45) is 2.79. The summed E-state index contributed by atoms with van der Waals surface area (Å²) in [5.74, 6) is 1.40. The van der Waals surface area contributed by atoms with E-state index in [1.807, 2.05) is 0 Å². The smallest absolute Gasteiger partial charge is 0.248 e. The summed E-state index contributed by atoms with van der Waals surface area (Å²) in [5.41, 5.74) is 0.377. The second-order valence-electron chi connectivity index (χ2n) is 7.71. The lowest BCUT2D eigenvalue weighted by atomic mass is 9.84. The van der Waals surface area contributed by atoms with Gasteiger partial charge in [0.25, 0.3) is 0 Å². The van der Waals surface area contributed by atoms with Gasteiger partial charge >= 0.3 is 0 Å². The van der Waals surface area contributed by atoms with E-state index in [1.54, 1.807) is 18.7 Å². The van der Waals surface area contributed by atoms with E-state index in [-0.39, 0.29) is 23.2 Å². The Morgan fingerprint density at radius 1 is 1.21 bits per heavy atom. The molecule has 1 unspecified atom stereocenters. The Morgan fingerprint density at radius 2 is 1.82 bits per heavy atom. The molecule has 160 valence electrons. The number of nitrogens with zero attached hydrogens (tertiary/aromatic N) is 3. The molecule has 0 spiro atoms. The molecule has 0 aromatic carbocycles. The Kier molecular flexibility index (Phi) is 7.89. The third-order valence-corrected chi connectivity index (χ3v) is 7.99. The molecule has 3 rings (SSSR count). The second kappa shape index (κ2) is 9.56. The monoisotopic (exact) mass is 434 g/mol. The first-order chi connectivity index (χ1) is 12.8. The molecule has 2 saturated heterocycles. The van der Waals surface area contributed by atoms with E-state index >= 15 is 0 Å². The highest BCUT2D eigenvalue weighted by atomic mass is 35.5. The average Bonchev–Trinajstić information content (AvgIpc) is 3.01. The van der Waals surface area contributed by atoms with Crippen molar-refractivity contribution in [1.29, 1.82) is 0 Å². The molecule has 1 N–H and O–H groups in total. The Labute approximate surface area is 173 Å². The molecule has 1 atom stereocenters. The minimum absolute atomic E-state index is 0. The molecule has 0 bridgehead atoms. The van der Waals surface area contributed by atoms with Gasteiger partial charge in [-0.1, -0.05) is 12.1 Å². The average molecular weight is 435 g/mol. The van der Waals surface area contributed by atoms with E-state index in [1.165, 1.54) is 4.31 Å². The third kappa shape index (κ3) is 4.87. The molecule has 8 nitrogen and oxygen atoms in total. The van der Waals surface area contributed by atoms with Crippen LogP contribution in [0, 0.1) is 25.7 Å². The van der Waals surface area contributed by atoms with Crippen molar-refractivity contribution < 1.29 is 17.7 Å². The lowest BCUT2D eigenvalue weighted by molar-refractivity contribution is -0.133. The number of hydrogen-bond donors (Lipinski definition) is 1. The van der Waals surface area contributed by atoms with Gasteiger partial charge in [0, 0.05) is 32.6 Å². The molecule has 28 heavy (non-hydrogen) atoms. The number of amides is 1. The van der Waals surface area contributed by atoms with Crippen molar-refractivity contribution in [3.8, 4) is 0 Å². The van der Waals surface area contributed by atoms with E-state index in [9.17, 15) is 13.2 Å². The van der Waals surface area contributed by atoms with Crippen LogP contribution in [0.5, 0.6) is 0 Å². The highest BCUT2D eigenvalue weighted by Gasteiger charge is 2.34. The van der Waals surface area contributed by atoms with Gasteiger partial charge in [0.05, 0.1) is 0 Å². The Morgan fingerprint density at radius 3 is 2.36 bits per heavy atom. The van der Waals surface area contributed by atoms with E-state index in [2.05, 4.69) is 17.4 Å². The van der Waals surface area contributed by atoms with Crippen molar-refractivity contribution in [3.63, 3.8) is 0 Å². The van der Waals surface area contributed by atoms with Crippen molar-refractivity contribution in [2.75, 3.05) is 39.3 Å². The van der Waals surface area contributed by atoms with Crippen molar-refractivity contribution in [2.45, 2.75) is 44.9 Å². The van der Waals surface area contributed by atoms with Crippen LogP contribution in [-0.2, 0) is 14.8 Å². The molecule has 2 aliphatic rings. The van der Waals surface area contributed by atoms with Gasteiger partial charge in [-0.25, -0.2) is 8.42 Å². The molecule has 3 heterocycles. The van der Waals surface area contributed by atoms with Crippen molar-refractivity contribution in [3.05, 3.63) is 11.5 Å². The normalized spacial score (nSPS) is 20.6. The fraction of sp³-hybridized carbons (Fsp3) is 0.778. The summed E-state index contributed by atoms with van der Waals surface area (Å²) in [6, 6.07) is 0. The lowest BCUT2D eigenvalue weighted by Gasteiger charge is -2.35. The largest absolute Gasteiger partial charge is 0.360 e. The minimum Gasteiger partial charge on any atom is -0.360 e. The molecule has 1 aromatic rings. The van der Waals surface area contributed by atoms with Gasteiger partial charge in [-0.15, -0.1) is 12.4 Å². The molecule has 2 aliphatic heterocycles. The van der Waals surface area contributed by atoms with Gasteiger partial charge in [-0.3, -0.25) is 4.79 Å². The highest BCUT2D eigenvalue weighted by molar-refractivity contribution is 7.89. The highest BCUT2D eigenvalue weighted by Crippen LogP contribution is 2.26. The Balaban J connectivity index is 0.00000280. The number of aromatic nitrogens is 1. The topological polar surface area (TPSA) is 95.8 Å². The van der Waals surface area contributed by atoms with Gasteiger partial charge in [0.15, 0.2) is 5.76 Å². The van der Waals surface area contributed by atoms with Gasteiger partial charge in [-0.05, 0) is 51.6 Å². The molecular formula is C18H31ClN4O4S. The Hall–Kier alpha value is -1.16. The van der Waals surface area contributed by atoms with E-state index in [0.29, 0.717) is 55.9 Å². The number of halogens is 1. The van der Waals surface area contributed by atoms with Gasteiger partial charge < -0.3 is 14.7 Å². The van der Waals surface area contributed by atoms with Crippen LogP contribution in [-0.4, -0.2) is 68.0 Å².